The van der Waals surface area contributed by atoms with Crippen LogP contribution in [0.3, 0.4) is 0 Å². The Hall–Kier alpha value is -1.11. The van der Waals surface area contributed by atoms with Crippen LogP contribution < -0.4 is 0 Å². The summed E-state index contributed by atoms with van der Waals surface area (Å²) in [5, 5.41) is 0. The molecule has 0 N–H and O–H groups in total. The lowest BCUT2D eigenvalue weighted by Gasteiger charge is -2.15. The van der Waals surface area contributed by atoms with E-state index >= 15 is 0 Å². The van der Waals surface area contributed by atoms with Gasteiger partial charge in [-0.3, -0.25) is 4.79 Å². The molecular weight excluding hydrogens is 196 g/mol. The van der Waals surface area contributed by atoms with Crippen molar-refractivity contribution in [3.8, 4) is 0 Å². The molecule has 88 valence electrons. The first-order chi connectivity index (χ1) is 7.67. The maximum absolute atomic E-state index is 11.2. The van der Waals surface area contributed by atoms with Crippen LogP contribution in [0.25, 0.3) is 0 Å². The van der Waals surface area contributed by atoms with E-state index in [2.05, 4.69) is 32.0 Å². The van der Waals surface area contributed by atoms with Gasteiger partial charge in [0, 0.05) is 6.42 Å². The monoisotopic (exact) mass is 218 g/mol. The number of carbonyl (C=O) groups is 1. The predicted octanol–water partition coefficient (Wildman–Crippen LogP) is 3.80. The van der Waals surface area contributed by atoms with Gasteiger partial charge in [-0.1, -0.05) is 51.0 Å². The standard InChI is InChI=1S/C15H22O/c1-4-13(5-2)11-15-9-7-6-8-14(15)10-12(3)16/h6-9,13H,4-5,10-11H2,1-3H3. The van der Waals surface area contributed by atoms with Gasteiger partial charge in [0.25, 0.3) is 0 Å². The largest absolute Gasteiger partial charge is 0.300 e. The fourth-order valence-electron chi connectivity index (χ4n) is 2.09. The Balaban J connectivity index is 2.81. The smallest absolute Gasteiger partial charge is 0.134 e. The number of ketones is 1. The highest BCUT2D eigenvalue weighted by molar-refractivity contribution is 5.78. The quantitative estimate of drug-likeness (QED) is 0.710. The summed E-state index contributed by atoms with van der Waals surface area (Å²) in [7, 11) is 0. The third kappa shape index (κ3) is 3.80. The van der Waals surface area contributed by atoms with E-state index in [0.717, 1.165) is 12.3 Å². The van der Waals surface area contributed by atoms with Crippen molar-refractivity contribution in [3.05, 3.63) is 35.4 Å². The van der Waals surface area contributed by atoms with Crippen molar-refractivity contribution in [1.29, 1.82) is 0 Å². The molecular formula is C15H22O. The summed E-state index contributed by atoms with van der Waals surface area (Å²) in [4.78, 5) is 11.2. The summed E-state index contributed by atoms with van der Waals surface area (Å²) in [6.45, 7) is 6.14. The zero-order valence-electron chi connectivity index (χ0n) is 10.6. The van der Waals surface area contributed by atoms with E-state index in [0.29, 0.717) is 6.42 Å². The van der Waals surface area contributed by atoms with Crippen LogP contribution in [0, 0.1) is 5.92 Å². The molecule has 0 aromatic heterocycles. The molecule has 0 atom stereocenters. The van der Waals surface area contributed by atoms with Crippen LogP contribution >= 0.6 is 0 Å². The van der Waals surface area contributed by atoms with Gasteiger partial charge in [-0.15, -0.1) is 0 Å². The van der Waals surface area contributed by atoms with E-state index in [1.54, 1.807) is 6.92 Å². The average molecular weight is 218 g/mol. The van der Waals surface area contributed by atoms with Crippen molar-refractivity contribution < 1.29 is 4.79 Å². The highest BCUT2D eigenvalue weighted by atomic mass is 16.1. The van der Waals surface area contributed by atoms with Crippen molar-refractivity contribution in [2.24, 2.45) is 5.92 Å². The van der Waals surface area contributed by atoms with Crippen molar-refractivity contribution >= 4 is 5.78 Å². The second-order valence-electron chi connectivity index (χ2n) is 4.53. The van der Waals surface area contributed by atoms with Crippen molar-refractivity contribution in [2.75, 3.05) is 0 Å². The second kappa shape index (κ2) is 6.47. The van der Waals surface area contributed by atoms with E-state index in [1.165, 1.54) is 24.0 Å². The van der Waals surface area contributed by atoms with Crippen LogP contribution in [0.5, 0.6) is 0 Å². The lowest BCUT2D eigenvalue weighted by atomic mass is 9.90. The van der Waals surface area contributed by atoms with Gasteiger partial charge < -0.3 is 0 Å². The zero-order chi connectivity index (χ0) is 12.0. The van der Waals surface area contributed by atoms with Crippen LogP contribution in [-0.4, -0.2) is 5.78 Å². The lowest BCUT2D eigenvalue weighted by Crippen LogP contribution is -2.06. The number of hydrogen-bond acceptors (Lipinski definition) is 1. The molecule has 1 nitrogen and oxygen atoms in total. The maximum Gasteiger partial charge on any atom is 0.134 e. The van der Waals surface area contributed by atoms with Gasteiger partial charge >= 0.3 is 0 Å². The predicted molar refractivity (Wildman–Crippen MR) is 68.6 cm³/mol. The number of benzene rings is 1. The number of carbonyl (C=O) groups excluding carboxylic acids is 1. The summed E-state index contributed by atoms with van der Waals surface area (Å²) in [5.74, 6) is 0.991. The first-order valence-electron chi connectivity index (χ1n) is 6.23. The summed E-state index contributed by atoms with van der Waals surface area (Å²) < 4.78 is 0. The third-order valence-corrected chi connectivity index (χ3v) is 3.22. The van der Waals surface area contributed by atoms with Gasteiger partial charge in [-0.25, -0.2) is 0 Å². The molecule has 0 bridgehead atoms. The minimum Gasteiger partial charge on any atom is -0.300 e. The first-order valence-corrected chi connectivity index (χ1v) is 6.23. The molecule has 0 amide bonds. The Morgan fingerprint density at radius 3 is 2.19 bits per heavy atom. The summed E-state index contributed by atoms with van der Waals surface area (Å²) >= 11 is 0. The van der Waals surface area contributed by atoms with Gasteiger partial charge in [0.2, 0.25) is 0 Å². The number of Topliss-reactive ketones (excluding diaryl/α,β-unsaturated/α-hetero) is 1. The molecule has 1 aromatic rings. The Labute approximate surface area is 98.9 Å². The molecule has 0 radical (unpaired) electrons. The van der Waals surface area contributed by atoms with Crippen LogP contribution in [0.1, 0.15) is 44.7 Å². The second-order valence-corrected chi connectivity index (χ2v) is 4.53. The molecule has 1 rings (SSSR count). The van der Waals surface area contributed by atoms with E-state index in [1.807, 2.05) is 6.07 Å². The summed E-state index contributed by atoms with van der Waals surface area (Å²) in [5.41, 5.74) is 2.56. The molecule has 0 saturated carbocycles. The van der Waals surface area contributed by atoms with E-state index in [4.69, 9.17) is 0 Å². The molecule has 1 heteroatoms. The van der Waals surface area contributed by atoms with E-state index in [9.17, 15) is 4.79 Å². The van der Waals surface area contributed by atoms with Crippen LogP contribution in [0.15, 0.2) is 24.3 Å². The van der Waals surface area contributed by atoms with Crippen LogP contribution in [0.2, 0.25) is 0 Å². The molecule has 0 aliphatic heterocycles. The zero-order valence-corrected chi connectivity index (χ0v) is 10.6. The molecule has 0 heterocycles. The van der Waals surface area contributed by atoms with Gasteiger partial charge in [0.1, 0.15) is 5.78 Å². The van der Waals surface area contributed by atoms with Crippen LogP contribution in [0.4, 0.5) is 0 Å². The highest BCUT2D eigenvalue weighted by Crippen LogP contribution is 2.19. The molecule has 0 aliphatic rings. The SMILES string of the molecule is CCC(CC)Cc1ccccc1CC(C)=O. The molecule has 0 spiro atoms. The molecule has 0 aliphatic carbocycles. The number of hydrogen-bond donors (Lipinski definition) is 0. The Morgan fingerprint density at radius 2 is 1.69 bits per heavy atom. The third-order valence-electron chi connectivity index (χ3n) is 3.22. The molecule has 0 unspecified atom stereocenters. The van der Waals surface area contributed by atoms with E-state index in [-0.39, 0.29) is 5.78 Å². The average Bonchev–Trinajstić information content (AvgIpc) is 2.27. The van der Waals surface area contributed by atoms with Gasteiger partial charge in [0.05, 0.1) is 0 Å². The van der Waals surface area contributed by atoms with Crippen molar-refractivity contribution in [2.45, 2.75) is 46.5 Å². The molecule has 0 fully saturated rings. The van der Waals surface area contributed by atoms with Crippen LogP contribution in [-0.2, 0) is 17.6 Å². The topological polar surface area (TPSA) is 17.1 Å². The Morgan fingerprint density at radius 1 is 1.12 bits per heavy atom. The minimum absolute atomic E-state index is 0.247. The fourth-order valence-corrected chi connectivity index (χ4v) is 2.09. The van der Waals surface area contributed by atoms with Crippen molar-refractivity contribution in [1.82, 2.24) is 0 Å². The maximum atomic E-state index is 11.2. The van der Waals surface area contributed by atoms with Gasteiger partial charge in [-0.2, -0.15) is 0 Å². The highest BCUT2D eigenvalue weighted by Gasteiger charge is 2.09. The number of rotatable bonds is 6. The first kappa shape index (κ1) is 13.0. The Kier molecular flexibility index (Phi) is 5.24. The fraction of sp³-hybridized carbons (Fsp3) is 0.533. The van der Waals surface area contributed by atoms with Gasteiger partial charge in [-0.05, 0) is 30.4 Å². The lowest BCUT2D eigenvalue weighted by molar-refractivity contribution is -0.116. The normalized spacial score (nSPS) is 10.8. The minimum atomic E-state index is 0.247. The molecule has 0 saturated heterocycles. The van der Waals surface area contributed by atoms with E-state index < -0.39 is 0 Å². The van der Waals surface area contributed by atoms with Gasteiger partial charge in [0.15, 0.2) is 0 Å². The summed E-state index contributed by atoms with van der Waals surface area (Å²) in [6.07, 6.45) is 4.11. The summed E-state index contributed by atoms with van der Waals surface area (Å²) in [6, 6.07) is 8.34. The Bertz CT molecular complexity index is 337. The molecule has 1 aromatic carbocycles. The molecule has 16 heavy (non-hydrogen) atoms. The van der Waals surface area contributed by atoms with Crippen molar-refractivity contribution in [3.63, 3.8) is 0 Å².